The monoisotopic (exact) mass is 525 g/mol. The lowest BCUT2D eigenvalue weighted by molar-refractivity contribution is -0.140. The smallest absolute Gasteiger partial charge is 0.407 e. The van der Waals surface area contributed by atoms with Crippen molar-refractivity contribution >= 4 is 35.5 Å². The summed E-state index contributed by atoms with van der Waals surface area (Å²) in [5, 5.41) is 13.8. The molecule has 2 rings (SSSR count). The zero-order valence-electron chi connectivity index (χ0n) is 22.9. The number of amides is 3. The highest BCUT2D eigenvalue weighted by Crippen LogP contribution is 2.34. The molecule has 0 aromatic rings. The number of likely N-dealkylation sites (tertiary alicyclic amines) is 1. The predicted molar refractivity (Wildman–Crippen MR) is 145 cm³/mol. The SMILES string of the molecule is CC(C)COC(=O)N[C@@H](C(=O)N1CCC[C@H]1C(=O)NC[C@H]1CC[C@H](C(=N)N)CC1)C(C)(C)SC(C)C. The van der Waals surface area contributed by atoms with Crippen molar-refractivity contribution in [3.8, 4) is 0 Å². The molecule has 206 valence electrons. The Morgan fingerprint density at radius 1 is 1.11 bits per heavy atom. The highest BCUT2D eigenvalue weighted by molar-refractivity contribution is 8.01. The first kappa shape index (κ1) is 30.3. The van der Waals surface area contributed by atoms with Gasteiger partial charge in [0.25, 0.3) is 0 Å². The lowest BCUT2D eigenvalue weighted by Gasteiger charge is -2.38. The van der Waals surface area contributed by atoms with Crippen molar-refractivity contribution in [2.45, 2.75) is 102 Å². The van der Waals surface area contributed by atoms with Crippen LogP contribution >= 0.6 is 11.8 Å². The van der Waals surface area contributed by atoms with Gasteiger partial charge in [-0.1, -0.05) is 27.7 Å². The fraction of sp³-hybridized carbons (Fsp3) is 0.846. The first-order chi connectivity index (χ1) is 16.8. The van der Waals surface area contributed by atoms with Gasteiger partial charge in [-0.15, -0.1) is 0 Å². The Morgan fingerprint density at radius 3 is 2.31 bits per heavy atom. The van der Waals surface area contributed by atoms with E-state index < -0.39 is 22.9 Å². The van der Waals surface area contributed by atoms with Crippen LogP contribution in [0.25, 0.3) is 0 Å². The summed E-state index contributed by atoms with van der Waals surface area (Å²) in [7, 11) is 0. The average molecular weight is 526 g/mol. The van der Waals surface area contributed by atoms with E-state index >= 15 is 0 Å². The van der Waals surface area contributed by atoms with Gasteiger partial charge in [0, 0.05) is 23.8 Å². The van der Waals surface area contributed by atoms with Crippen LogP contribution in [0.3, 0.4) is 0 Å². The first-order valence-electron chi connectivity index (χ1n) is 13.3. The molecule has 36 heavy (non-hydrogen) atoms. The average Bonchev–Trinajstić information content (AvgIpc) is 3.28. The Balaban J connectivity index is 2.05. The van der Waals surface area contributed by atoms with Crippen LogP contribution in [-0.2, 0) is 14.3 Å². The summed E-state index contributed by atoms with van der Waals surface area (Å²) in [6.45, 7) is 13.3. The second-order valence-electron chi connectivity index (χ2n) is 11.4. The van der Waals surface area contributed by atoms with Gasteiger partial charge < -0.3 is 26.0 Å². The molecule has 1 heterocycles. The number of hydrogen-bond donors (Lipinski definition) is 4. The molecule has 0 bridgehead atoms. The molecule has 2 fully saturated rings. The van der Waals surface area contributed by atoms with Crippen LogP contribution in [0.5, 0.6) is 0 Å². The quantitative estimate of drug-likeness (QED) is 0.241. The van der Waals surface area contributed by atoms with E-state index in [1.165, 1.54) is 0 Å². The lowest BCUT2D eigenvalue weighted by Crippen LogP contribution is -2.60. The molecule has 0 unspecified atom stereocenters. The van der Waals surface area contributed by atoms with Crippen molar-refractivity contribution in [3.63, 3.8) is 0 Å². The molecule has 0 aromatic carbocycles. The molecule has 1 saturated heterocycles. The van der Waals surface area contributed by atoms with Crippen LogP contribution in [0.4, 0.5) is 4.79 Å². The number of rotatable bonds is 11. The summed E-state index contributed by atoms with van der Waals surface area (Å²) in [5.41, 5.74) is 5.64. The van der Waals surface area contributed by atoms with Crippen molar-refractivity contribution in [1.29, 1.82) is 5.41 Å². The zero-order chi connectivity index (χ0) is 27.0. The molecule has 0 spiro atoms. The predicted octanol–water partition coefficient (Wildman–Crippen LogP) is 3.51. The van der Waals surface area contributed by atoms with E-state index in [0.29, 0.717) is 25.4 Å². The Labute approximate surface area is 220 Å². The van der Waals surface area contributed by atoms with Gasteiger partial charge in [0.2, 0.25) is 11.8 Å². The Bertz CT molecular complexity index is 780. The third-order valence-corrected chi connectivity index (χ3v) is 8.30. The third-order valence-electron chi connectivity index (χ3n) is 6.98. The van der Waals surface area contributed by atoms with Crippen molar-refractivity contribution in [1.82, 2.24) is 15.5 Å². The van der Waals surface area contributed by atoms with Crippen LogP contribution in [0.2, 0.25) is 0 Å². The van der Waals surface area contributed by atoms with Crippen LogP contribution in [0.15, 0.2) is 0 Å². The van der Waals surface area contributed by atoms with Crippen LogP contribution < -0.4 is 16.4 Å². The fourth-order valence-electron chi connectivity index (χ4n) is 5.12. The summed E-state index contributed by atoms with van der Waals surface area (Å²) in [5.74, 6) is 0.587. The molecule has 1 aliphatic carbocycles. The number of carbonyl (C=O) groups is 3. The van der Waals surface area contributed by atoms with Gasteiger partial charge in [0.15, 0.2) is 0 Å². The Morgan fingerprint density at radius 2 is 1.75 bits per heavy atom. The minimum Gasteiger partial charge on any atom is -0.449 e. The molecule has 0 aromatic heterocycles. The van der Waals surface area contributed by atoms with Crippen molar-refractivity contribution in [3.05, 3.63) is 0 Å². The van der Waals surface area contributed by atoms with Crippen molar-refractivity contribution in [2.75, 3.05) is 19.7 Å². The van der Waals surface area contributed by atoms with E-state index in [1.54, 1.807) is 16.7 Å². The molecule has 1 aliphatic heterocycles. The van der Waals surface area contributed by atoms with Gasteiger partial charge >= 0.3 is 6.09 Å². The zero-order valence-corrected chi connectivity index (χ0v) is 23.7. The molecule has 1 saturated carbocycles. The molecule has 5 N–H and O–H groups in total. The summed E-state index contributed by atoms with van der Waals surface area (Å²) >= 11 is 1.62. The maximum Gasteiger partial charge on any atom is 0.407 e. The normalized spacial score (nSPS) is 23.4. The fourth-order valence-corrected chi connectivity index (χ4v) is 6.63. The number of nitrogens with two attached hydrogens (primary N) is 1. The van der Waals surface area contributed by atoms with Gasteiger partial charge in [-0.25, -0.2) is 4.79 Å². The van der Waals surface area contributed by atoms with Gasteiger partial charge in [0.1, 0.15) is 12.1 Å². The van der Waals surface area contributed by atoms with E-state index in [-0.39, 0.29) is 41.3 Å². The summed E-state index contributed by atoms with van der Waals surface area (Å²) < 4.78 is 4.72. The number of nitrogens with zero attached hydrogens (tertiary/aromatic N) is 1. The van der Waals surface area contributed by atoms with Crippen LogP contribution in [0, 0.1) is 23.2 Å². The molecule has 3 amide bonds. The Hall–Kier alpha value is -1.97. The highest BCUT2D eigenvalue weighted by atomic mass is 32.2. The van der Waals surface area contributed by atoms with Gasteiger partial charge in [-0.05, 0) is 69.5 Å². The molecule has 2 atom stereocenters. The molecule has 9 nitrogen and oxygen atoms in total. The van der Waals surface area contributed by atoms with Crippen LogP contribution in [-0.4, -0.2) is 70.4 Å². The summed E-state index contributed by atoms with van der Waals surface area (Å²) in [4.78, 5) is 41.1. The topological polar surface area (TPSA) is 138 Å². The van der Waals surface area contributed by atoms with Crippen LogP contribution in [0.1, 0.15) is 80.1 Å². The van der Waals surface area contributed by atoms with Crippen molar-refractivity contribution < 1.29 is 19.1 Å². The van der Waals surface area contributed by atoms with E-state index in [2.05, 4.69) is 24.5 Å². The van der Waals surface area contributed by atoms with Gasteiger partial charge in [0.05, 0.1) is 12.4 Å². The third kappa shape index (κ3) is 8.85. The standard InChI is InChI=1S/C26H47N5O4S/c1-16(2)15-35-25(34)30-21(26(5,6)36-17(3)4)24(33)31-13-7-8-20(31)23(32)29-14-18-9-11-19(12-10-18)22(27)28/h16-21H,7-15H2,1-6H3,(H3,27,28)(H,29,32)(H,30,34)/t18-,19-,20-,21-/m0/s1. The maximum atomic E-state index is 13.8. The second-order valence-corrected chi connectivity index (χ2v) is 13.7. The highest BCUT2D eigenvalue weighted by Gasteiger charge is 2.44. The van der Waals surface area contributed by atoms with Crippen molar-refractivity contribution in [2.24, 2.45) is 23.5 Å². The second kappa shape index (κ2) is 13.5. The van der Waals surface area contributed by atoms with E-state index in [9.17, 15) is 14.4 Å². The van der Waals surface area contributed by atoms with Gasteiger partial charge in [-0.2, -0.15) is 11.8 Å². The number of carbonyl (C=O) groups excluding carboxylic acids is 3. The lowest BCUT2D eigenvalue weighted by atomic mass is 9.81. The molecular formula is C26H47N5O4S. The number of hydrogen-bond acceptors (Lipinski definition) is 6. The van der Waals surface area contributed by atoms with E-state index in [4.69, 9.17) is 15.9 Å². The molecule has 2 aliphatic rings. The molecule has 0 radical (unpaired) electrons. The van der Waals surface area contributed by atoms with Gasteiger partial charge in [-0.3, -0.25) is 15.0 Å². The minimum absolute atomic E-state index is 0.134. The summed E-state index contributed by atoms with van der Waals surface area (Å²) in [6, 6.07) is -1.36. The number of thioether (sulfide) groups is 1. The minimum atomic E-state index is -0.820. The number of alkyl carbamates (subject to hydrolysis) is 1. The Kier molecular flexibility index (Phi) is 11.4. The van der Waals surface area contributed by atoms with E-state index in [0.717, 1.165) is 32.1 Å². The molecule has 10 heteroatoms. The van der Waals surface area contributed by atoms with E-state index in [1.807, 2.05) is 27.7 Å². The number of nitrogens with one attached hydrogen (secondary N) is 3. The molecular weight excluding hydrogens is 478 g/mol. The number of amidine groups is 1. The largest absolute Gasteiger partial charge is 0.449 e. The maximum absolute atomic E-state index is 13.8. The summed E-state index contributed by atoms with van der Waals surface area (Å²) in [6.07, 6.45) is 4.37. The first-order valence-corrected chi connectivity index (χ1v) is 14.2. The number of ether oxygens (including phenoxy) is 1.